The largest absolute Gasteiger partial charge is 0.493 e. The molecule has 0 bridgehead atoms. The van der Waals surface area contributed by atoms with E-state index in [0.29, 0.717) is 11.5 Å². The van der Waals surface area contributed by atoms with Crippen molar-refractivity contribution >= 4 is 11.6 Å². The predicted molar refractivity (Wildman–Crippen MR) is 81.5 cm³/mol. The Balaban J connectivity index is 1.88. The van der Waals surface area contributed by atoms with Crippen LogP contribution in [0.4, 0.5) is 5.69 Å². The van der Waals surface area contributed by atoms with E-state index in [2.05, 4.69) is 5.43 Å². The second kappa shape index (κ2) is 7.19. The number of nitrogens with one attached hydrogen (secondary N) is 1. The van der Waals surface area contributed by atoms with Gasteiger partial charge in [0.25, 0.3) is 5.91 Å². The lowest BCUT2D eigenvalue weighted by atomic mass is 10.3. The normalized spacial score (nSPS) is 9.81. The van der Waals surface area contributed by atoms with Gasteiger partial charge in [0.1, 0.15) is 0 Å². The number of carbonyl (C=O) groups excluding carboxylic acids is 1. The summed E-state index contributed by atoms with van der Waals surface area (Å²) >= 11 is 0. The molecule has 2 aromatic carbocycles. The second-order valence-electron chi connectivity index (χ2n) is 4.37. The number of anilines is 1. The summed E-state index contributed by atoms with van der Waals surface area (Å²) in [4.78, 5) is 11.9. The first-order valence-corrected chi connectivity index (χ1v) is 6.55. The zero-order valence-electron chi connectivity index (χ0n) is 12.1. The number of carbonyl (C=O) groups is 1. The SMILES string of the molecule is COc1ccccc1OCC(=O)NN(C)c1ccccc1. The van der Waals surface area contributed by atoms with Crippen molar-refractivity contribution in [1.82, 2.24) is 5.43 Å². The van der Waals surface area contributed by atoms with Gasteiger partial charge in [-0.05, 0) is 24.3 Å². The molecule has 0 aliphatic rings. The third-order valence-electron chi connectivity index (χ3n) is 2.86. The Labute approximate surface area is 124 Å². The Bertz CT molecular complexity index is 587. The molecule has 0 atom stereocenters. The summed E-state index contributed by atoms with van der Waals surface area (Å²) in [6, 6.07) is 16.7. The first-order chi connectivity index (χ1) is 10.2. The van der Waals surface area contributed by atoms with Crippen molar-refractivity contribution in [3.63, 3.8) is 0 Å². The topological polar surface area (TPSA) is 50.8 Å². The van der Waals surface area contributed by atoms with Crippen molar-refractivity contribution < 1.29 is 14.3 Å². The number of ether oxygens (including phenoxy) is 2. The Hall–Kier alpha value is -2.69. The van der Waals surface area contributed by atoms with Crippen LogP contribution in [0.15, 0.2) is 54.6 Å². The average molecular weight is 286 g/mol. The molecule has 0 saturated carbocycles. The first-order valence-electron chi connectivity index (χ1n) is 6.55. The lowest BCUT2D eigenvalue weighted by Crippen LogP contribution is -2.41. The Morgan fingerprint density at radius 1 is 1.05 bits per heavy atom. The Morgan fingerprint density at radius 2 is 1.67 bits per heavy atom. The number of hydrogen-bond acceptors (Lipinski definition) is 4. The van der Waals surface area contributed by atoms with E-state index >= 15 is 0 Å². The number of hydrazine groups is 1. The molecule has 0 saturated heterocycles. The Morgan fingerprint density at radius 3 is 2.33 bits per heavy atom. The lowest BCUT2D eigenvalue weighted by Gasteiger charge is -2.20. The van der Waals surface area contributed by atoms with E-state index in [1.807, 2.05) is 42.5 Å². The smallest absolute Gasteiger partial charge is 0.276 e. The average Bonchev–Trinajstić information content (AvgIpc) is 2.54. The molecule has 5 nitrogen and oxygen atoms in total. The summed E-state index contributed by atoms with van der Waals surface area (Å²) < 4.78 is 10.6. The van der Waals surface area contributed by atoms with Crippen LogP contribution in [0.25, 0.3) is 0 Å². The van der Waals surface area contributed by atoms with Crippen molar-refractivity contribution in [2.75, 3.05) is 25.8 Å². The minimum absolute atomic E-state index is 0.0858. The highest BCUT2D eigenvalue weighted by molar-refractivity contribution is 5.79. The second-order valence-corrected chi connectivity index (χ2v) is 4.37. The number of benzene rings is 2. The Kier molecular flexibility index (Phi) is 5.04. The van der Waals surface area contributed by atoms with Gasteiger partial charge in [-0.2, -0.15) is 0 Å². The number of methoxy groups -OCH3 is 1. The van der Waals surface area contributed by atoms with Crippen LogP contribution < -0.4 is 19.9 Å². The molecule has 0 heterocycles. The van der Waals surface area contributed by atoms with Crippen LogP contribution in [0.3, 0.4) is 0 Å². The van der Waals surface area contributed by atoms with Gasteiger partial charge >= 0.3 is 0 Å². The molecule has 0 aliphatic carbocycles. The van der Waals surface area contributed by atoms with Crippen molar-refractivity contribution in [2.45, 2.75) is 0 Å². The summed E-state index contributed by atoms with van der Waals surface area (Å²) in [5.41, 5.74) is 3.62. The summed E-state index contributed by atoms with van der Waals surface area (Å²) in [5.74, 6) is 0.895. The fourth-order valence-electron chi connectivity index (χ4n) is 1.82. The third kappa shape index (κ3) is 4.14. The highest BCUT2D eigenvalue weighted by Crippen LogP contribution is 2.25. The summed E-state index contributed by atoms with van der Waals surface area (Å²) in [6.45, 7) is -0.0858. The van der Waals surface area contributed by atoms with Crippen LogP contribution >= 0.6 is 0 Å². The zero-order chi connectivity index (χ0) is 15.1. The molecule has 0 spiro atoms. The van der Waals surface area contributed by atoms with Gasteiger partial charge in [-0.3, -0.25) is 15.2 Å². The monoisotopic (exact) mass is 286 g/mol. The van der Waals surface area contributed by atoms with Gasteiger partial charge in [-0.15, -0.1) is 0 Å². The quantitative estimate of drug-likeness (QED) is 0.827. The van der Waals surface area contributed by atoms with Crippen LogP contribution in [0.5, 0.6) is 11.5 Å². The first kappa shape index (κ1) is 14.7. The van der Waals surface area contributed by atoms with Crippen LogP contribution in [0.1, 0.15) is 0 Å². The van der Waals surface area contributed by atoms with E-state index in [9.17, 15) is 4.79 Å². The molecule has 0 fully saturated rings. The number of amides is 1. The van der Waals surface area contributed by atoms with Crippen molar-refractivity contribution in [3.05, 3.63) is 54.6 Å². The molecular formula is C16H18N2O3. The molecule has 0 aromatic heterocycles. The van der Waals surface area contributed by atoms with E-state index < -0.39 is 0 Å². The van der Waals surface area contributed by atoms with E-state index in [1.165, 1.54) is 0 Å². The standard InChI is InChI=1S/C16H18N2O3/c1-18(13-8-4-3-5-9-13)17-16(19)12-21-15-11-7-6-10-14(15)20-2/h3-11H,12H2,1-2H3,(H,17,19). The highest BCUT2D eigenvalue weighted by Gasteiger charge is 2.09. The van der Waals surface area contributed by atoms with E-state index in [4.69, 9.17) is 9.47 Å². The van der Waals surface area contributed by atoms with Crippen molar-refractivity contribution in [1.29, 1.82) is 0 Å². The molecule has 0 unspecified atom stereocenters. The molecule has 110 valence electrons. The van der Waals surface area contributed by atoms with Gasteiger partial charge in [-0.1, -0.05) is 30.3 Å². The summed E-state index contributed by atoms with van der Waals surface area (Å²) in [7, 11) is 3.34. The van der Waals surface area contributed by atoms with Crippen LogP contribution in [0.2, 0.25) is 0 Å². The van der Waals surface area contributed by atoms with Crippen molar-refractivity contribution in [2.24, 2.45) is 0 Å². The highest BCUT2D eigenvalue weighted by atomic mass is 16.5. The number of para-hydroxylation sites is 3. The van der Waals surface area contributed by atoms with Crippen LogP contribution in [0, 0.1) is 0 Å². The molecule has 0 aliphatic heterocycles. The number of rotatable bonds is 6. The fourth-order valence-corrected chi connectivity index (χ4v) is 1.82. The minimum atomic E-state index is -0.243. The predicted octanol–water partition coefficient (Wildman–Crippen LogP) is 2.24. The molecule has 21 heavy (non-hydrogen) atoms. The maximum Gasteiger partial charge on any atom is 0.276 e. The third-order valence-corrected chi connectivity index (χ3v) is 2.86. The fraction of sp³-hybridized carbons (Fsp3) is 0.188. The van der Waals surface area contributed by atoms with Gasteiger partial charge in [0.15, 0.2) is 18.1 Å². The zero-order valence-corrected chi connectivity index (χ0v) is 12.1. The maximum atomic E-state index is 11.9. The van der Waals surface area contributed by atoms with Gasteiger partial charge in [-0.25, -0.2) is 0 Å². The molecule has 2 rings (SSSR count). The molecule has 2 aromatic rings. The maximum absolute atomic E-state index is 11.9. The van der Waals surface area contributed by atoms with E-state index in [0.717, 1.165) is 5.69 Å². The molecule has 5 heteroatoms. The lowest BCUT2D eigenvalue weighted by molar-refractivity contribution is -0.123. The van der Waals surface area contributed by atoms with Gasteiger partial charge in [0, 0.05) is 7.05 Å². The number of nitrogens with zero attached hydrogens (tertiary/aromatic N) is 1. The summed E-state index contributed by atoms with van der Waals surface area (Å²) in [5, 5.41) is 1.65. The van der Waals surface area contributed by atoms with Gasteiger partial charge < -0.3 is 9.47 Å². The number of hydrogen-bond donors (Lipinski definition) is 1. The molecule has 0 radical (unpaired) electrons. The minimum Gasteiger partial charge on any atom is -0.493 e. The van der Waals surface area contributed by atoms with Crippen LogP contribution in [-0.4, -0.2) is 26.7 Å². The van der Waals surface area contributed by atoms with E-state index in [-0.39, 0.29) is 12.5 Å². The van der Waals surface area contributed by atoms with E-state index in [1.54, 1.807) is 31.3 Å². The van der Waals surface area contributed by atoms with Crippen molar-refractivity contribution in [3.8, 4) is 11.5 Å². The van der Waals surface area contributed by atoms with Crippen LogP contribution in [-0.2, 0) is 4.79 Å². The van der Waals surface area contributed by atoms with Gasteiger partial charge in [0.05, 0.1) is 12.8 Å². The molecule has 1 N–H and O–H groups in total. The summed E-state index contributed by atoms with van der Waals surface area (Å²) in [6.07, 6.45) is 0. The van der Waals surface area contributed by atoms with Gasteiger partial charge in [0.2, 0.25) is 0 Å². The molecular weight excluding hydrogens is 268 g/mol. The molecule has 1 amide bonds.